The summed E-state index contributed by atoms with van der Waals surface area (Å²) in [5, 5.41) is 31.5. The maximum absolute atomic E-state index is 10.9. The molecule has 2 aliphatic heterocycles. The zero-order valence-corrected chi connectivity index (χ0v) is 19.6. The van der Waals surface area contributed by atoms with Crippen LogP contribution in [-0.2, 0) is 4.74 Å². The Balaban J connectivity index is 1.74. The largest absolute Gasteiger partial charge is 0.508 e. The first-order valence-corrected chi connectivity index (χ1v) is 11.1. The normalized spacial score (nSPS) is 18.7. The highest BCUT2D eigenvalue weighted by atomic mass is 35.5. The number of phenols is 1. The Bertz CT molecular complexity index is 1480. The smallest absolute Gasteiger partial charge is 0.225 e. The molecule has 2 aliphatic rings. The van der Waals surface area contributed by atoms with Gasteiger partial charge in [0.25, 0.3) is 0 Å². The first kappa shape index (κ1) is 22.9. The monoisotopic (exact) mass is 509 g/mol. The van der Waals surface area contributed by atoms with Crippen LogP contribution in [0.5, 0.6) is 17.2 Å². The van der Waals surface area contributed by atoms with Crippen molar-refractivity contribution in [3.63, 3.8) is 0 Å². The molecule has 1 aromatic heterocycles. The lowest BCUT2D eigenvalue weighted by molar-refractivity contribution is 0.00461. The van der Waals surface area contributed by atoms with E-state index >= 15 is 0 Å². The zero-order valence-electron chi connectivity index (χ0n) is 18.1. The number of aliphatic hydroxyl groups excluding tert-OH is 1. The third-order valence-electron chi connectivity index (χ3n) is 5.84. The van der Waals surface area contributed by atoms with Gasteiger partial charge >= 0.3 is 0 Å². The van der Waals surface area contributed by atoms with Gasteiger partial charge in [-0.05, 0) is 42.0 Å². The molecule has 0 bridgehead atoms. The van der Waals surface area contributed by atoms with E-state index in [1.807, 2.05) is 0 Å². The second kappa shape index (κ2) is 8.71. The summed E-state index contributed by atoms with van der Waals surface area (Å²) in [7, 11) is 1.52. The minimum absolute atomic E-state index is 0.0269. The SMILES string of the molecule is COc1ccc(C2C(C#N)=C(N)OC3=C2C(O)Oc2ccc(O)cc23)cc1-c1cnc(Cl)cc1Cl. The van der Waals surface area contributed by atoms with E-state index < -0.39 is 12.2 Å². The predicted molar refractivity (Wildman–Crippen MR) is 129 cm³/mol. The topological polar surface area (TPSA) is 131 Å². The molecule has 10 heteroatoms. The van der Waals surface area contributed by atoms with Crippen molar-refractivity contribution in [3.05, 3.63) is 87.0 Å². The van der Waals surface area contributed by atoms with Crippen LogP contribution >= 0.6 is 23.2 Å². The van der Waals surface area contributed by atoms with E-state index in [1.165, 1.54) is 37.6 Å². The molecule has 0 saturated carbocycles. The molecule has 5 rings (SSSR count). The highest BCUT2D eigenvalue weighted by Crippen LogP contribution is 2.50. The summed E-state index contributed by atoms with van der Waals surface area (Å²) in [6, 6.07) is 13.2. The molecule has 0 radical (unpaired) electrons. The molecule has 35 heavy (non-hydrogen) atoms. The maximum Gasteiger partial charge on any atom is 0.225 e. The van der Waals surface area contributed by atoms with Gasteiger partial charge in [-0.1, -0.05) is 29.3 Å². The van der Waals surface area contributed by atoms with Crippen LogP contribution in [0.1, 0.15) is 17.0 Å². The Morgan fingerprint density at radius 2 is 1.91 bits per heavy atom. The van der Waals surface area contributed by atoms with E-state index in [2.05, 4.69) is 11.1 Å². The fourth-order valence-corrected chi connectivity index (χ4v) is 4.75. The molecule has 0 amide bonds. The molecule has 3 aromatic rings. The molecule has 8 nitrogen and oxygen atoms in total. The lowest BCUT2D eigenvalue weighted by Crippen LogP contribution is -2.33. The highest BCUT2D eigenvalue weighted by Gasteiger charge is 2.41. The van der Waals surface area contributed by atoms with Crippen molar-refractivity contribution in [2.75, 3.05) is 7.11 Å². The van der Waals surface area contributed by atoms with Crippen molar-refractivity contribution in [1.29, 1.82) is 5.26 Å². The van der Waals surface area contributed by atoms with Gasteiger partial charge in [0.1, 0.15) is 39.8 Å². The summed E-state index contributed by atoms with van der Waals surface area (Å²) in [5.41, 5.74) is 8.65. The number of nitrogens with zero attached hydrogens (tertiary/aromatic N) is 2. The van der Waals surface area contributed by atoms with Crippen molar-refractivity contribution in [1.82, 2.24) is 4.98 Å². The minimum Gasteiger partial charge on any atom is -0.508 e. The average Bonchev–Trinajstić information content (AvgIpc) is 2.83. The Morgan fingerprint density at radius 1 is 1.11 bits per heavy atom. The molecule has 0 spiro atoms. The maximum atomic E-state index is 10.9. The summed E-state index contributed by atoms with van der Waals surface area (Å²) in [5.74, 6) is 0.0458. The van der Waals surface area contributed by atoms with Crippen LogP contribution in [0, 0.1) is 11.3 Å². The number of hydrogen-bond donors (Lipinski definition) is 3. The van der Waals surface area contributed by atoms with Gasteiger partial charge in [0.15, 0.2) is 0 Å². The van der Waals surface area contributed by atoms with Crippen molar-refractivity contribution >= 4 is 29.0 Å². The number of phenolic OH excluding ortho intramolecular Hbond substituents is 1. The Kier molecular flexibility index (Phi) is 5.69. The van der Waals surface area contributed by atoms with Crippen molar-refractivity contribution in [3.8, 4) is 34.4 Å². The number of aromatic nitrogens is 1. The number of halogens is 2. The zero-order chi connectivity index (χ0) is 24.9. The second-order valence-corrected chi connectivity index (χ2v) is 8.60. The Hall–Kier alpha value is -3.90. The van der Waals surface area contributed by atoms with E-state index in [0.717, 1.165) is 0 Å². The minimum atomic E-state index is -1.44. The number of benzene rings is 2. The van der Waals surface area contributed by atoms with E-state index in [1.54, 1.807) is 18.2 Å². The number of rotatable bonds is 3. The van der Waals surface area contributed by atoms with Gasteiger partial charge in [-0.25, -0.2) is 4.98 Å². The quantitative estimate of drug-likeness (QED) is 0.433. The van der Waals surface area contributed by atoms with E-state index in [9.17, 15) is 15.5 Å². The van der Waals surface area contributed by atoms with Gasteiger partial charge in [0.2, 0.25) is 12.2 Å². The van der Waals surface area contributed by atoms with Gasteiger partial charge in [0.05, 0.1) is 29.2 Å². The number of aromatic hydroxyl groups is 1. The summed E-state index contributed by atoms with van der Waals surface area (Å²) in [4.78, 5) is 4.12. The molecule has 3 heterocycles. The van der Waals surface area contributed by atoms with Crippen LogP contribution in [0.4, 0.5) is 0 Å². The molecule has 2 unspecified atom stereocenters. The van der Waals surface area contributed by atoms with Crippen LogP contribution in [-0.4, -0.2) is 28.6 Å². The molecule has 4 N–H and O–H groups in total. The van der Waals surface area contributed by atoms with Crippen molar-refractivity contribution < 1.29 is 24.4 Å². The number of pyridine rings is 1. The number of hydrogen-bond acceptors (Lipinski definition) is 8. The predicted octanol–water partition coefficient (Wildman–Crippen LogP) is 4.70. The standard InChI is InChI=1S/C25H17Cl2N3O5/c1-33-18-4-2-11(6-13(18)16-10-30-20(27)8-17(16)26)21-15(9-28)24(29)35-23-14-7-12(31)3-5-19(14)34-25(32)22(21)23/h2-8,10,21,25,31-32H,29H2,1H3. The van der Waals surface area contributed by atoms with E-state index in [0.29, 0.717) is 38.8 Å². The fraction of sp³-hybridized carbons (Fsp3) is 0.120. The summed E-state index contributed by atoms with van der Waals surface area (Å²) < 4.78 is 17.0. The van der Waals surface area contributed by atoms with Crippen molar-refractivity contribution in [2.45, 2.75) is 12.2 Å². The van der Waals surface area contributed by atoms with E-state index in [-0.39, 0.29) is 33.7 Å². The molecule has 0 fully saturated rings. The van der Waals surface area contributed by atoms with E-state index in [4.69, 9.17) is 43.1 Å². The van der Waals surface area contributed by atoms with Gasteiger partial charge in [-0.15, -0.1) is 0 Å². The van der Waals surface area contributed by atoms with Gasteiger partial charge in [0, 0.05) is 17.3 Å². The van der Waals surface area contributed by atoms with Gasteiger partial charge < -0.3 is 30.2 Å². The third-order valence-corrected chi connectivity index (χ3v) is 6.36. The number of allylic oxidation sites excluding steroid dienone is 1. The Labute approximate surface area is 210 Å². The van der Waals surface area contributed by atoms with Crippen molar-refractivity contribution in [2.24, 2.45) is 5.73 Å². The van der Waals surface area contributed by atoms with Crippen LogP contribution in [0.3, 0.4) is 0 Å². The molecule has 2 atom stereocenters. The molecule has 0 aliphatic carbocycles. The van der Waals surface area contributed by atoms with Crippen LogP contribution < -0.4 is 15.2 Å². The number of ether oxygens (including phenoxy) is 3. The van der Waals surface area contributed by atoms with Crippen LogP contribution in [0.2, 0.25) is 10.2 Å². The highest BCUT2D eigenvalue weighted by molar-refractivity contribution is 6.35. The Morgan fingerprint density at radius 3 is 2.63 bits per heavy atom. The lowest BCUT2D eigenvalue weighted by atomic mass is 9.80. The van der Waals surface area contributed by atoms with Crippen LogP contribution in [0.25, 0.3) is 16.9 Å². The van der Waals surface area contributed by atoms with Gasteiger partial charge in [-0.3, -0.25) is 0 Å². The number of fused-ring (bicyclic) bond motifs is 2. The summed E-state index contributed by atoms with van der Waals surface area (Å²) >= 11 is 12.4. The lowest BCUT2D eigenvalue weighted by Gasteiger charge is -2.35. The third kappa shape index (κ3) is 3.80. The summed E-state index contributed by atoms with van der Waals surface area (Å²) in [6.07, 6.45) is 0.0865. The molecule has 2 aromatic carbocycles. The van der Waals surface area contributed by atoms with Gasteiger partial charge in [-0.2, -0.15) is 5.26 Å². The number of aliphatic hydroxyl groups is 1. The fourth-order valence-electron chi connectivity index (χ4n) is 4.29. The summed E-state index contributed by atoms with van der Waals surface area (Å²) in [6.45, 7) is 0. The number of nitriles is 1. The molecule has 0 saturated heterocycles. The molecule has 176 valence electrons. The number of methoxy groups -OCH3 is 1. The average molecular weight is 510 g/mol. The molecular weight excluding hydrogens is 493 g/mol. The first-order valence-electron chi connectivity index (χ1n) is 10.3. The first-order chi connectivity index (χ1) is 16.8. The van der Waals surface area contributed by atoms with Crippen LogP contribution in [0.15, 0.2) is 65.7 Å². The number of nitrogens with two attached hydrogens (primary N) is 1. The molecular formula is C25H17Cl2N3O5. The second-order valence-electron chi connectivity index (χ2n) is 7.81.